The zero-order valence-electron chi connectivity index (χ0n) is 7.40. The first-order valence-corrected chi connectivity index (χ1v) is 4.16. The van der Waals surface area contributed by atoms with Crippen molar-refractivity contribution in [3.8, 4) is 0 Å². The number of amides is 1. The van der Waals surface area contributed by atoms with Crippen LogP contribution in [0.1, 0.15) is 5.56 Å². The van der Waals surface area contributed by atoms with Crippen molar-refractivity contribution in [2.75, 3.05) is 0 Å². The van der Waals surface area contributed by atoms with Crippen molar-refractivity contribution in [2.45, 2.75) is 0 Å². The number of hydrogen-bond donors (Lipinski definition) is 2. The number of nitrogens with one attached hydrogen (secondary N) is 1. The molecule has 0 aromatic carbocycles. The molecular weight excluding hydrogens is 178 g/mol. The lowest BCUT2D eigenvalue weighted by atomic mass is 10.2. The summed E-state index contributed by atoms with van der Waals surface area (Å²) in [4.78, 5) is 17.6. The van der Waals surface area contributed by atoms with E-state index in [0.717, 1.165) is 16.6 Å². The topological polar surface area (TPSA) is 71.8 Å². The lowest BCUT2D eigenvalue weighted by Gasteiger charge is -1.92. The van der Waals surface area contributed by atoms with E-state index in [1.807, 2.05) is 18.3 Å². The van der Waals surface area contributed by atoms with E-state index in [-0.39, 0.29) is 0 Å². The molecule has 0 aliphatic carbocycles. The van der Waals surface area contributed by atoms with Crippen LogP contribution in [0.3, 0.4) is 0 Å². The predicted octanol–water partition coefficient (Wildman–Crippen LogP) is 1.06. The number of nitrogens with two attached hydrogens (primary N) is 1. The number of aromatic nitrogens is 2. The maximum atomic E-state index is 10.5. The van der Waals surface area contributed by atoms with Crippen LogP contribution in [-0.4, -0.2) is 15.9 Å². The van der Waals surface area contributed by atoms with Crippen LogP contribution in [0.25, 0.3) is 17.1 Å². The molecule has 3 N–H and O–H groups in total. The monoisotopic (exact) mass is 187 g/mol. The van der Waals surface area contributed by atoms with Gasteiger partial charge in [-0.3, -0.25) is 4.79 Å². The Bertz CT molecular complexity index is 499. The second kappa shape index (κ2) is 3.33. The summed E-state index contributed by atoms with van der Waals surface area (Å²) in [6, 6.07) is 3.85. The van der Waals surface area contributed by atoms with Crippen molar-refractivity contribution in [1.82, 2.24) is 9.97 Å². The molecule has 1 amide bonds. The molecule has 0 saturated heterocycles. The lowest BCUT2D eigenvalue weighted by Crippen LogP contribution is -2.05. The van der Waals surface area contributed by atoms with Crippen LogP contribution >= 0.6 is 0 Å². The molecule has 0 unspecified atom stereocenters. The highest BCUT2D eigenvalue weighted by Gasteiger charge is 1.95. The third-order valence-corrected chi connectivity index (χ3v) is 1.86. The molecule has 70 valence electrons. The molecule has 4 heteroatoms. The Kier molecular flexibility index (Phi) is 2.02. The van der Waals surface area contributed by atoms with Gasteiger partial charge >= 0.3 is 0 Å². The van der Waals surface area contributed by atoms with Crippen LogP contribution in [0.2, 0.25) is 0 Å². The number of hydrogen-bond acceptors (Lipinski definition) is 2. The number of carbonyl (C=O) groups excluding carboxylic acids is 1. The summed E-state index contributed by atoms with van der Waals surface area (Å²) in [7, 11) is 0. The number of rotatable bonds is 2. The number of H-pyrrole nitrogens is 1. The minimum atomic E-state index is -0.459. The highest BCUT2D eigenvalue weighted by Crippen LogP contribution is 2.11. The summed E-state index contributed by atoms with van der Waals surface area (Å²) in [5, 5.41) is 1.01. The van der Waals surface area contributed by atoms with E-state index in [4.69, 9.17) is 5.73 Å². The van der Waals surface area contributed by atoms with Gasteiger partial charge in [0.05, 0.1) is 0 Å². The molecule has 4 nitrogen and oxygen atoms in total. The van der Waals surface area contributed by atoms with E-state index in [2.05, 4.69) is 9.97 Å². The summed E-state index contributed by atoms with van der Waals surface area (Å²) < 4.78 is 0. The van der Waals surface area contributed by atoms with Crippen LogP contribution in [0.5, 0.6) is 0 Å². The van der Waals surface area contributed by atoms with E-state index in [1.54, 1.807) is 12.3 Å². The molecule has 0 spiro atoms. The number of aromatic amines is 1. The second-order valence-electron chi connectivity index (χ2n) is 2.92. The first kappa shape index (κ1) is 8.50. The second-order valence-corrected chi connectivity index (χ2v) is 2.92. The molecule has 0 aliphatic rings. The minimum Gasteiger partial charge on any atom is -0.366 e. The van der Waals surface area contributed by atoms with E-state index in [1.165, 1.54) is 6.08 Å². The Labute approximate surface area is 80.4 Å². The fourth-order valence-corrected chi connectivity index (χ4v) is 1.23. The fraction of sp³-hybridized carbons (Fsp3) is 0. The molecule has 2 aromatic rings. The third-order valence-electron chi connectivity index (χ3n) is 1.86. The fourth-order valence-electron chi connectivity index (χ4n) is 1.23. The van der Waals surface area contributed by atoms with Crippen molar-refractivity contribution < 1.29 is 4.79 Å². The summed E-state index contributed by atoms with van der Waals surface area (Å²) in [5.41, 5.74) is 6.67. The number of fused-ring (bicyclic) bond motifs is 1. The normalized spacial score (nSPS) is 11.1. The van der Waals surface area contributed by atoms with Crippen LogP contribution in [-0.2, 0) is 4.79 Å². The standard InChI is InChI=1S/C10H9N3O/c11-9(14)2-1-7-5-8-3-4-12-10(8)13-6-7/h1-6H,(H2,11,14)(H,12,13). The molecule has 2 heterocycles. The Morgan fingerprint density at radius 2 is 2.43 bits per heavy atom. The van der Waals surface area contributed by atoms with Gasteiger partial charge in [-0.25, -0.2) is 4.98 Å². The van der Waals surface area contributed by atoms with E-state index >= 15 is 0 Å². The van der Waals surface area contributed by atoms with Gasteiger partial charge in [0.25, 0.3) is 0 Å². The van der Waals surface area contributed by atoms with Gasteiger partial charge in [-0.2, -0.15) is 0 Å². The molecule has 2 rings (SSSR count). The molecular formula is C10H9N3O. The summed E-state index contributed by atoms with van der Waals surface area (Å²) >= 11 is 0. The van der Waals surface area contributed by atoms with Crippen molar-refractivity contribution in [2.24, 2.45) is 5.73 Å². The van der Waals surface area contributed by atoms with Gasteiger partial charge in [0, 0.05) is 23.9 Å². The summed E-state index contributed by atoms with van der Waals surface area (Å²) in [5.74, 6) is -0.459. The molecule has 0 atom stereocenters. The van der Waals surface area contributed by atoms with Crippen LogP contribution in [0.4, 0.5) is 0 Å². The van der Waals surface area contributed by atoms with Gasteiger partial charge in [-0.15, -0.1) is 0 Å². The SMILES string of the molecule is NC(=O)C=Cc1cnc2[nH]ccc2c1. The van der Waals surface area contributed by atoms with Crippen LogP contribution in [0.15, 0.2) is 30.6 Å². The number of primary amides is 1. The van der Waals surface area contributed by atoms with Crippen molar-refractivity contribution in [1.29, 1.82) is 0 Å². The number of pyridine rings is 1. The molecule has 0 saturated carbocycles. The average Bonchev–Trinajstić information content (AvgIpc) is 2.61. The van der Waals surface area contributed by atoms with E-state index in [0.29, 0.717) is 0 Å². The smallest absolute Gasteiger partial charge is 0.241 e. The van der Waals surface area contributed by atoms with E-state index in [9.17, 15) is 4.79 Å². The first-order valence-electron chi connectivity index (χ1n) is 4.16. The Balaban J connectivity index is 2.39. The molecule has 14 heavy (non-hydrogen) atoms. The van der Waals surface area contributed by atoms with Crippen molar-refractivity contribution >= 4 is 23.0 Å². The Morgan fingerprint density at radius 3 is 3.21 bits per heavy atom. The van der Waals surface area contributed by atoms with Gasteiger partial charge < -0.3 is 10.7 Å². The zero-order chi connectivity index (χ0) is 9.97. The molecule has 0 aliphatic heterocycles. The zero-order valence-corrected chi connectivity index (χ0v) is 7.40. The number of carbonyl (C=O) groups is 1. The largest absolute Gasteiger partial charge is 0.366 e. The molecule has 0 radical (unpaired) electrons. The van der Waals surface area contributed by atoms with Gasteiger partial charge in [-0.1, -0.05) is 0 Å². The van der Waals surface area contributed by atoms with E-state index < -0.39 is 5.91 Å². The van der Waals surface area contributed by atoms with Gasteiger partial charge in [-0.05, 0) is 23.8 Å². The maximum Gasteiger partial charge on any atom is 0.241 e. The minimum absolute atomic E-state index is 0.459. The Morgan fingerprint density at radius 1 is 1.57 bits per heavy atom. The first-order chi connectivity index (χ1) is 6.75. The van der Waals surface area contributed by atoms with Crippen LogP contribution in [0, 0.1) is 0 Å². The van der Waals surface area contributed by atoms with Crippen molar-refractivity contribution in [3.63, 3.8) is 0 Å². The predicted molar refractivity (Wildman–Crippen MR) is 54.3 cm³/mol. The van der Waals surface area contributed by atoms with Gasteiger partial charge in [0.15, 0.2) is 0 Å². The summed E-state index contributed by atoms with van der Waals surface area (Å²) in [6.07, 6.45) is 6.45. The Hall–Kier alpha value is -2.10. The van der Waals surface area contributed by atoms with Crippen LogP contribution < -0.4 is 5.73 Å². The number of nitrogens with zero attached hydrogens (tertiary/aromatic N) is 1. The highest BCUT2D eigenvalue weighted by atomic mass is 16.1. The lowest BCUT2D eigenvalue weighted by molar-refractivity contribution is -0.113. The highest BCUT2D eigenvalue weighted by molar-refractivity contribution is 5.90. The average molecular weight is 187 g/mol. The third kappa shape index (κ3) is 1.64. The molecule has 2 aromatic heterocycles. The maximum absolute atomic E-state index is 10.5. The summed E-state index contributed by atoms with van der Waals surface area (Å²) in [6.45, 7) is 0. The molecule has 0 bridgehead atoms. The van der Waals surface area contributed by atoms with Gasteiger partial charge in [0.2, 0.25) is 5.91 Å². The van der Waals surface area contributed by atoms with Gasteiger partial charge in [0.1, 0.15) is 5.65 Å². The molecule has 0 fully saturated rings. The quantitative estimate of drug-likeness (QED) is 0.690. The van der Waals surface area contributed by atoms with Crippen molar-refractivity contribution in [3.05, 3.63) is 36.2 Å².